The molecule has 1 atom stereocenters. The van der Waals surface area contributed by atoms with E-state index in [1.54, 1.807) is 0 Å². The zero-order valence-electron chi connectivity index (χ0n) is 19.5. The summed E-state index contributed by atoms with van der Waals surface area (Å²) < 4.78 is 5.40. The summed E-state index contributed by atoms with van der Waals surface area (Å²) in [4.78, 5) is 6.92. The van der Waals surface area contributed by atoms with Crippen LogP contribution in [0.25, 0.3) is 0 Å². The summed E-state index contributed by atoms with van der Waals surface area (Å²) in [6.07, 6.45) is 0.947. The number of benzene rings is 2. The Morgan fingerprint density at radius 1 is 1.03 bits per heavy atom. The molecule has 0 aliphatic carbocycles. The summed E-state index contributed by atoms with van der Waals surface area (Å²) in [6, 6.07) is 21.3. The molecule has 2 aromatic carbocycles. The van der Waals surface area contributed by atoms with E-state index in [9.17, 15) is 5.11 Å². The number of hydrogen-bond donors (Lipinski definition) is 3. The van der Waals surface area contributed by atoms with Crippen LogP contribution in [0.5, 0.6) is 0 Å². The second kappa shape index (κ2) is 12.6. The number of ether oxygens (including phenoxy) is 1. The third kappa shape index (κ3) is 7.93. The lowest BCUT2D eigenvalue weighted by atomic mass is 9.88. The van der Waals surface area contributed by atoms with Crippen molar-refractivity contribution in [3.8, 4) is 0 Å². The molecule has 0 bridgehead atoms. The SMILES string of the molecule is CCNC(=NCC(C)(O)CN1CCOCC1)NCCC(c1ccccc1)c1ccccc1. The molecule has 0 aromatic heterocycles. The molecule has 0 saturated carbocycles. The lowest BCUT2D eigenvalue weighted by Gasteiger charge is -2.33. The van der Waals surface area contributed by atoms with Crippen LogP contribution in [-0.4, -0.2) is 74.0 Å². The van der Waals surface area contributed by atoms with Gasteiger partial charge in [-0.25, -0.2) is 0 Å². The highest BCUT2D eigenvalue weighted by molar-refractivity contribution is 5.79. The van der Waals surface area contributed by atoms with Crippen LogP contribution in [0.2, 0.25) is 0 Å². The molecule has 0 amide bonds. The van der Waals surface area contributed by atoms with Gasteiger partial charge in [-0.2, -0.15) is 0 Å². The number of morpholine rings is 1. The van der Waals surface area contributed by atoms with Gasteiger partial charge < -0.3 is 20.5 Å². The molecule has 174 valence electrons. The van der Waals surface area contributed by atoms with Crippen molar-refractivity contribution >= 4 is 5.96 Å². The van der Waals surface area contributed by atoms with E-state index in [2.05, 4.69) is 88.1 Å². The van der Waals surface area contributed by atoms with E-state index < -0.39 is 5.60 Å². The van der Waals surface area contributed by atoms with Crippen LogP contribution in [0, 0.1) is 0 Å². The van der Waals surface area contributed by atoms with Crippen LogP contribution >= 0.6 is 0 Å². The summed E-state index contributed by atoms with van der Waals surface area (Å²) in [5, 5.41) is 17.6. The molecule has 6 nitrogen and oxygen atoms in total. The monoisotopic (exact) mass is 438 g/mol. The standard InChI is InChI=1S/C26H38N4O2/c1-3-27-25(29-20-26(2,31)21-30-16-18-32-19-17-30)28-15-14-24(22-10-6-4-7-11-22)23-12-8-5-9-13-23/h4-13,24,31H,3,14-21H2,1-2H3,(H2,27,28,29). The summed E-state index contributed by atoms with van der Waals surface area (Å²) in [7, 11) is 0. The van der Waals surface area contributed by atoms with Crippen LogP contribution < -0.4 is 10.6 Å². The van der Waals surface area contributed by atoms with Gasteiger partial charge in [0.25, 0.3) is 0 Å². The number of rotatable bonds is 10. The lowest BCUT2D eigenvalue weighted by molar-refractivity contribution is -0.0179. The van der Waals surface area contributed by atoms with Crippen LogP contribution in [0.3, 0.4) is 0 Å². The minimum absolute atomic E-state index is 0.317. The Bertz CT molecular complexity index is 766. The van der Waals surface area contributed by atoms with E-state index in [4.69, 9.17) is 4.74 Å². The fourth-order valence-corrected chi connectivity index (χ4v) is 4.11. The molecule has 1 unspecified atom stereocenters. The molecule has 6 heteroatoms. The van der Waals surface area contributed by atoms with Crippen molar-refractivity contribution in [3.63, 3.8) is 0 Å². The molecule has 2 aromatic rings. The fourth-order valence-electron chi connectivity index (χ4n) is 4.11. The van der Waals surface area contributed by atoms with E-state index in [0.717, 1.165) is 51.8 Å². The molecular weight excluding hydrogens is 400 g/mol. The number of aliphatic hydroxyl groups is 1. The zero-order chi connectivity index (χ0) is 22.7. The highest BCUT2D eigenvalue weighted by Crippen LogP contribution is 2.27. The van der Waals surface area contributed by atoms with Crippen molar-refractivity contribution in [2.24, 2.45) is 4.99 Å². The summed E-state index contributed by atoms with van der Waals surface area (Å²) in [6.45, 7) is 9.60. The van der Waals surface area contributed by atoms with Gasteiger partial charge in [0, 0.05) is 38.6 Å². The van der Waals surface area contributed by atoms with E-state index in [1.165, 1.54) is 11.1 Å². The highest BCUT2D eigenvalue weighted by atomic mass is 16.5. The Morgan fingerprint density at radius 2 is 1.62 bits per heavy atom. The van der Waals surface area contributed by atoms with Gasteiger partial charge in [0.05, 0.1) is 25.4 Å². The first-order valence-electron chi connectivity index (χ1n) is 11.7. The molecule has 32 heavy (non-hydrogen) atoms. The molecule has 3 N–H and O–H groups in total. The second-order valence-electron chi connectivity index (χ2n) is 8.67. The average molecular weight is 439 g/mol. The molecule has 1 fully saturated rings. The Morgan fingerprint density at radius 3 is 2.19 bits per heavy atom. The van der Waals surface area contributed by atoms with Gasteiger partial charge >= 0.3 is 0 Å². The number of aliphatic imine (C=N–C) groups is 1. The van der Waals surface area contributed by atoms with Crippen molar-refractivity contribution in [3.05, 3.63) is 71.8 Å². The number of nitrogens with one attached hydrogen (secondary N) is 2. The Hall–Kier alpha value is -2.41. The van der Waals surface area contributed by atoms with Crippen molar-refractivity contribution in [2.45, 2.75) is 31.8 Å². The summed E-state index contributed by atoms with van der Waals surface area (Å²) >= 11 is 0. The van der Waals surface area contributed by atoms with Crippen molar-refractivity contribution < 1.29 is 9.84 Å². The summed E-state index contributed by atoms with van der Waals surface area (Å²) in [5.41, 5.74) is 1.75. The first-order chi connectivity index (χ1) is 15.6. The first kappa shape index (κ1) is 24.2. The van der Waals surface area contributed by atoms with Crippen LogP contribution in [0.4, 0.5) is 0 Å². The smallest absolute Gasteiger partial charge is 0.191 e. The fraction of sp³-hybridized carbons (Fsp3) is 0.500. The van der Waals surface area contributed by atoms with Gasteiger partial charge in [-0.1, -0.05) is 60.7 Å². The maximum Gasteiger partial charge on any atom is 0.191 e. The first-order valence-corrected chi connectivity index (χ1v) is 11.7. The van der Waals surface area contributed by atoms with Gasteiger partial charge in [0.2, 0.25) is 0 Å². The third-order valence-electron chi connectivity index (χ3n) is 5.72. The van der Waals surface area contributed by atoms with Gasteiger partial charge in [-0.15, -0.1) is 0 Å². The van der Waals surface area contributed by atoms with E-state index in [1.807, 2.05) is 6.92 Å². The summed E-state index contributed by atoms with van der Waals surface area (Å²) in [5.74, 6) is 1.06. The minimum atomic E-state index is -0.879. The lowest BCUT2D eigenvalue weighted by Crippen LogP contribution is -2.48. The number of nitrogens with zero attached hydrogens (tertiary/aromatic N) is 2. The molecule has 1 saturated heterocycles. The molecular formula is C26H38N4O2. The second-order valence-corrected chi connectivity index (χ2v) is 8.67. The predicted molar refractivity (Wildman–Crippen MR) is 131 cm³/mol. The van der Waals surface area contributed by atoms with Crippen molar-refractivity contribution in [1.29, 1.82) is 0 Å². The molecule has 1 heterocycles. The normalized spacial score (nSPS) is 17.2. The number of β-amino-alcohol motifs (C(OH)–C–C–N with tert-alkyl or cyclic N) is 1. The quantitative estimate of drug-likeness (QED) is 0.393. The van der Waals surface area contributed by atoms with Crippen molar-refractivity contribution in [1.82, 2.24) is 15.5 Å². The highest BCUT2D eigenvalue weighted by Gasteiger charge is 2.25. The van der Waals surface area contributed by atoms with Gasteiger partial charge in [0.15, 0.2) is 5.96 Å². The van der Waals surface area contributed by atoms with Gasteiger partial charge in [0.1, 0.15) is 0 Å². The topological polar surface area (TPSA) is 69.1 Å². The molecule has 1 aliphatic rings. The Kier molecular flexibility index (Phi) is 9.53. The molecule has 0 spiro atoms. The van der Waals surface area contributed by atoms with E-state index >= 15 is 0 Å². The maximum atomic E-state index is 10.8. The predicted octanol–water partition coefficient (Wildman–Crippen LogP) is 2.85. The number of guanidine groups is 1. The zero-order valence-corrected chi connectivity index (χ0v) is 19.5. The molecule has 1 aliphatic heterocycles. The Balaban J connectivity index is 1.58. The number of hydrogen-bond acceptors (Lipinski definition) is 4. The Labute approximate surface area is 192 Å². The van der Waals surface area contributed by atoms with Crippen LogP contribution in [0.15, 0.2) is 65.7 Å². The van der Waals surface area contributed by atoms with Gasteiger partial charge in [-0.05, 0) is 31.4 Å². The minimum Gasteiger partial charge on any atom is -0.387 e. The van der Waals surface area contributed by atoms with Crippen molar-refractivity contribution in [2.75, 3.05) is 52.5 Å². The molecule has 3 rings (SSSR count). The van der Waals surface area contributed by atoms with E-state index in [0.29, 0.717) is 19.0 Å². The largest absolute Gasteiger partial charge is 0.387 e. The van der Waals surface area contributed by atoms with Crippen LogP contribution in [0.1, 0.15) is 37.3 Å². The average Bonchev–Trinajstić information content (AvgIpc) is 2.82. The van der Waals surface area contributed by atoms with E-state index in [-0.39, 0.29) is 0 Å². The third-order valence-corrected chi connectivity index (χ3v) is 5.72. The molecule has 0 radical (unpaired) electrons. The van der Waals surface area contributed by atoms with Crippen LogP contribution in [-0.2, 0) is 4.74 Å². The maximum absolute atomic E-state index is 10.8. The van der Waals surface area contributed by atoms with Gasteiger partial charge in [-0.3, -0.25) is 9.89 Å².